The third kappa shape index (κ3) is 3.40. The predicted octanol–water partition coefficient (Wildman–Crippen LogP) is 4.48. The van der Waals surface area contributed by atoms with Crippen molar-refractivity contribution < 1.29 is 5.11 Å². The fourth-order valence-electron chi connectivity index (χ4n) is 1.10. The van der Waals surface area contributed by atoms with Gasteiger partial charge in [-0.3, -0.25) is 0 Å². The lowest BCUT2D eigenvalue weighted by atomic mass is 10.3. The Balaban J connectivity index is 1.97. The largest absolute Gasteiger partial charge is 0.508 e. The first-order valence-electron chi connectivity index (χ1n) is 4.66. The van der Waals surface area contributed by atoms with Crippen LogP contribution in [0.5, 0.6) is 5.75 Å². The van der Waals surface area contributed by atoms with Crippen LogP contribution in [0.4, 0.5) is 0 Å². The second-order valence-corrected chi connectivity index (χ2v) is 5.95. The zero-order valence-corrected chi connectivity index (χ0v) is 10.9. The lowest BCUT2D eigenvalue weighted by molar-refractivity contribution is 0.475. The third-order valence-electron chi connectivity index (χ3n) is 1.91. The maximum absolute atomic E-state index is 9.15. The number of hydrogen-bond donors (Lipinski definition) is 2. The van der Waals surface area contributed by atoms with E-state index < -0.39 is 0 Å². The van der Waals surface area contributed by atoms with E-state index in [0.717, 1.165) is 9.79 Å². The van der Waals surface area contributed by atoms with Gasteiger partial charge in [-0.05, 0) is 48.5 Å². The van der Waals surface area contributed by atoms with E-state index in [1.165, 1.54) is 4.90 Å². The SMILES string of the molecule is Oc1ccc(SSc2ccc(S)cc2)cc1. The molecule has 1 N–H and O–H groups in total. The number of aromatic hydroxyl groups is 1. The third-order valence-corrected chi connectivity index (χ3v) is 4.62. The van der Waals surface area contributed by atoms with Crippen molar-refractivity contribution in [1.82, 2.24) is 0 Å². The molecule has 0 aliphatic rings. The van der Waals surface area contributed by atoms with Crippen molar-refractivity contribution in [3.05, 3.63) is 48.5 Å². The molecule has 82 valence electrons. The molecule has 0 bridgehead atoms. The Morgan fingerprint density at radius 3 is 1.69 bits per heavy atom. The summed E-state index contributed by atoms with van der Waals surface area (Å²) in [5.41, 5.74) is 0. The standard InChI is InChI=1S/C12H10OS3/c13-9-1-5-11(6-2-9)15-16-12-7-3-10(14)4-8-12/h1-8,13-14H. The lowest BCUT2D eigenvalue weighted by Gasteiger charge is -2.01. The van der Waals surface area contributed by atoms with Gasteiger partial charge in [-0.15, -0.1) is 12.6 Å². The van der Waals surface area contributed by atoms with Crippen LogP contribution >= 0.6 is 34.2 Å². The van der Waals surface area contributed by atoms with Crippen LogP contribution in [0.2, 0.25) is 0 Å². The van der Waals surface area contributed by atoms with E-state index in [0.29, 0.717) is 5.75 Å². The molecular weight excluding hydrogens is 256 g/mol. The Hall–Kier alpha value is -0.710. The highest BCUT2D eigenvalue weighted by molar-refractivity contribution is 8.76. The molecule has 16 heavy (non-hydrogen) atoms. The summed E-state index contributed by atoms with van der Waals surface area (Å²) in [7, 11) is 3.36. The molecule has 4 heteroatoms. The Kier molecular flexibility index (Phi) is 4.09. The van der Waals surface area contributed by atoms with Gasteiger partial charge in [-0.1, -0.05) is 21.6 Å². The number of phenolic OH excluding ortho intramolecular Hbond substituents is 1. The van der Waals surface area contributed by atoms with Gasteiger partial charge in [0.15, 0.2) is 0 Å². The van der Waals surface area contributed by atoms with Crippen molar-refractivity contribution in [2.75, 3.05) is 0 Å². The van der Waals surface area contributed by atoms with Crippen LogP contribution in [0, 0.1) is 0 Å². The average Bonchev–Trinajstić information content (AvgIpc) is 2.30. The second kappa shape index (κ2) is 5.57. The van der Waals surface area contributed by atoms with Crippen LogP contribution in [-0.4, -0.2) is 5.11 Å². The smallest absolute Gasteiger partial charge is 0.115 e. The summed E-state index contributed by atoms with van der Waals surface area (Å²) in [6.07, 6.45) is 0. The van der Waals surface area contributed by atoms with E-state index in [2.05, 4.69) is 12.6 Å². The zero-order chi connectivity index (χ0) is 11.4. The van der Waals surface area contributed by atoms with Gasteiger partial charge < -0.3 is 5.11 Å². The van der Waals surface area contributed by atoms with Crippen molar-refractivity contribution in [2.45, 2.75) is 14.7 Å². The van der Waals surface area contributed by atoms with Crippen LogP contribution in [0.25, 0.3) is 0 Å². The highest BCUT2D eigenvalue weighted by Gasteiger charge is 1.97. The van der Waals surface area contributed by atoms with E-state index in [1.807, 2.05) is 36.4 Å². The molecule has 0 aliphatic carbocycles. The molecule has 2 aromatic rings. The summed E-state index contributed by atoms with van der Waals surface area (Å²) >= 11 is 4.24. The van der Waals surface area contributed by atoms with Gasteiger partial charge in [0.2, 0.25) is 0 Å². The molecule has 0 fully saturated rings. The monoisotopic (exact) mass is 266 g/mol. The number of benzene rings is 2. The van der Waals surface area contributed by atoms with Crippen LogP contribution in [0.3, 0.4) is 0 Å². The summed E-state index contributed by atoms with van der Waals surface area (Å²) in [6.45, 7) is 0. The minimum atomic E-state index is 0.300. The number of hydrogen-bond acceptors (Lipinski definition) is 4. The maximum Gasteiger partial charge on any atom is 0.115 e. The van der Waals surface area contributed by atoms with Crippen LogP contribution in [0.15, 0.2) is 63.2 Å². The molecule has 0 amide bonds. The Bertz CT molecular complexity index is 405. The highest BCUT2D eigenvalue weighted by atomic mass is 33.1. The molecule has 2 rings (SSSR count). The molecule has 2 aromatic carbocycles. The van der Waals surface area contributed by atoms with Crippen LogP contribution < -0.4 is 0 Å². The van der Waals surface area contributed by atoms with Crippen LogP contribution in [0.1, 0.15) is 0 Å². The molecule has 0 unspecified atom stereocenters. The molecule has 0 heterocycles. The summed E-state index contributed by atoms with van der Waals surface area (Å²) in [5, 5.41) is 9.15. The van der Waals surface area contributed by atoms with Gasteiger partial charge in [-0.2, -0.15) is 0 Å². The summed E-state index contributed by atoms with van der Waals surface area (Å²) in [4.78, 5) is 3.28. The van der Waals surface area contributed by atoms with Crippen LogP contribution in [-0.2, 0) is 0 Å². The normalized spacial score (nSPS) is 10.3. The number of thiol groups is 1. The topological polar surface area (TPSA) is 20.2 Å². The van der Waals surface area contributed by atoms with Gasteiger partial charge in [0.1, 0.15) is 5.75 Å². The average molecular weight is 266 g/mol. The molecule has 0 aromatic heterocycles. The zero-order valence-electron chi connectivity index (χ0n) is 8.33. The fraction of sp³-hybridized carbons (Fsp3) is 0. The van der Waals surface area contributed by atoms with Crippen molar-refractivity contribution in [2.24, 2.45) is 0 Å². The molecular formula is C12H10OS3. The van der Waals surface area contributed by atoms with E-state index >= 15 is 0 Å². The lowest BCUT2D eigenvalue weighted by Crippen LogP contribution is -1.70. The fourth-order valence-corrected chi connectivity index (χ4v) is 3.18. The summed E-state index contributed by atoms with van der Waals surface area (Å²) < 4.78 is 0. The Morgan fingerprint density at radius 1 is 0.750 bits per heavy atom. The van der Waals surface area contributed by atoms with Gasteiger partial charge in [0, 0.05) is 14.7 Å². The quantitative estimate of drug-likeness (QED) is 0.631. The van der Waals surface area contributed by atoms with Gasteiger partial charge in [0.05, 0.1) is 0 Å². The summed E-state index contributed by atoms with van der Waals surface area (Å²) in [5.74, 6) is 0.300. The molecule has 0 atom stereocenters. The molecule has 0 saturated carbocycles. The minimum Gasteiger partial charge on any atom is -0.508 e. The first-order chi connectivity index (χ1) is 7.74. The van der Waals surface area contributed by atoms with Crippen molar-refractivity contribution in [3.63, 3.8) is 0 Å². The van der Waals surface area contributed by atoms with Gasteiger partial charge in [0.25, 0.3) is 0 Å². The Morgan fingerprint density at radius 2 is 1.19 bits per heavy atom. The molecule has 1 nitrogen and oxygen atoms in total. The maximum atomic E-state index is 9.15. The van der Waals surface area contributed by atoms with Crippen molar-refractivity contribution in [1.29, 1.82) is 0 Å². The van der Waals surface area contributed by atoms with Crippen molar-refractivity contribution >= 4 is 34.2 Å². The molecule has 0 aliphatic heterocycles. The van der Waals surface area contributed by atoms with Gasteiger partial charge >= 0.3 is 0 Å². The minimum absolute atomic E-state index is 0.300. The van der Waals surface area contributed by atoms with E-state index in [4.69, 9.17) is 5.11 Å². The van der Waals surface area contributed by atoms with Crippen molar-refractivity contribution in [3.8, 4) is 5.75 Å². The summed E-state index contributed by atoms with van der Waals surface area (Å²) in [6, 6.07) is 15.2. The first kappa shape index (κ1) is 11.8. The predicted molar refractivity (Wildman–Crippen MR) is 73.5 cm³/mol. The number of phenols is 1. The van der Waals surface area contributed by atoms with E-state index in [-0.39, 0.29) is 0 Å². The van der Waals surface area contributed by atoms with E-state index in [1.54, 1.807) is 33.7 Å². The van der Waals surface area contributed by atoms with Gasteiger partial charge in [-0.25, -0.2) is 0 Å². The second-order valence-electron chi connectivity index (χ2n) is 3.15. The molecule has 0 saturated heterocycles. The molecule has 0 radical (unpaired) electrons. The highest BCUT2D eigenvalue weighted by Crippen LogP contribution is 2.37. The Labute approximate surface area is 108 Å². The molecule has 0 spiro atoms. The van der Waals surface area contributed by atoms with E-state index in [9.17, 15) is 0 Å². The number of rotatable bonds is 3. The first-order valence-corrected chi connectivity index (χ1v) is 7.26.